The van der Waals surface area contributed by atoms with Crippen molar-refractivity contribution in [2.45, 2.75) is 18.4 Å². The smallest absolute Gasteiger partial charge is 0.328 e. The van der Waals surface area contributed by atoms with Crippen LogP contribution in [0.4, 0.5) is 0 Å². The number of carboxylic acids is 1. The van der Waals surface area contributed by atoms with Crippen LogP contribution >= 0.6 is 11.8 Å². The molecular formula is C18H18O2S. The van der Waals surface area contributed by atoms with Crippen LogP contribution in [0.2, 0.25) is 0 Å². The summed E-state index contributed by atoms with van der Waals surface area (Å²) in [6.45, 7) is 2.11. The summed E-state index contributed by atoms with van der Waals surface area (Å²) in [5.41, 5.74) is 4.80. The molecule has 0 saturated heterocycles. The molecule has 3 heteroatoms. The average molecular weight is 298 g/mol. The zero-order valence-electron chi connectivity index (χ0n) is 12.0. The van der Waals surface area contributed by atoms with Gasteiger partial charge in [0, 0.05) is 17.6 Å². The van der Waals surface area contributed by atoms with Crippen molar-refractivity contribution in [1.29, 1.82) is 0 Å². The second-order valence-corrected chi connectivity index (χ2v) is 5.88. The van der Waals surface area contributed by atoms with E-state index >= 15 is 0 Å². The first-order valence-electron chi connectivity index (χ1n) is 6.77. The third-order valence-electron chi connectivity index (χ3n) is 3.02. The maximum atomic E-state index is 10.4. The van der Waals surface area contributed by atoms with Crippen LogP contribution in [0.25, 0.3) is 6.08 Å². The Kier molecular flexibility index (Phi) is 5.64. The van der Waals surface area contributed by atoms with Crippen molar-refractivity contribution in [1.82, 2.24) is 0 Å². The van der Waals surface area contributed by atoms with Crippen LogP contribution in [0.3, 0.4) is 0 Å². The van der Waals surface area contributed by atoms with E-state index in [1.54, 1.807) is 6.08 Å². The lowest BCUT2D eigenvalue weighted by atomic mass is 10.1. The summed E-state index contributed by atoms with van der Waals surface area (Å²) >= 11 is 1.88. The minimum absolute atomic E-state index is 0.907. The number of benzene rings is 2. The largest absolute Gasteiger partial charge is 0.478 e. The Morgan fingerprint density at radius 2 is 1.81 bits per heavy atom. The first-order valence-corrected chi connectivity index (χ1v) is 7.92. The third kappa shape index (κ3) is 5.48. The lowest BCUT2D eigenvalue weighted by molar-refractivity contribution is -0.131. The fourth-order valence-corrected chi connectivity index (χ4v) is 2.93. The molecule has 0 radical (unpaired) electrons. The number of rotatable bonds is 6. The summed E-state index contributed by atoms with van der Waals surface area (Å²) in [5, 5.41) is 8.58. The fraction of sp³-hybridized carbons (Fsp3) is 0.167. The van der Waals surface area contributed by atoms with Gasteiger partial charge in [0.15, 0.2) is 0 Å². The Balaban J connectivity index is 1.85. The van der Waals surface area contributed by atoms with E-state index in [0.29, 0.717) is 0 Å². The SMILES string of the molecule is Cc1cccc(CSCc2ccc(C=CC(=O)O)cc2)c1. The van der Waals surface area contributed by atoms with E-state index in [1.165, 1.54) is 16.7 Å². The maximum absolute atomic E-state index is 10.4. The third-order valence-corrected chi connectivity index (χ3v) is 4.09. The fourth-order valence-electron chi connectivity index (χ4n) is 1.98. The molecule has 21 heavy (non-hydrogen) atoms. The number of carbonyl (C=O) groups is 1. The zero-order chi connectivity index (χ0) is 15.1. The first-order chi connectivity index (χ1) is 10.1. The van der Waals surface area contributed by atoms with Crippen molar-refractivity contribution in [2.75, 3.05) is 0 Å². The molecule has 0 fully saturated rings. The second-order valence-electron chi connectivity index (χ2n) is 4.90. The van der Waals surface area contributed by atoms with Crippen LogP contribution < -0.4 is 0 Å². The number of hydrogen-bond donors (Lipinski definition) is 1. The summed E-state index contributed by atoms with van der Waals surface area (Å²) in [5.74, 6) is 1.03. The van der Waals surface area contributed by atoms with E-state index in [2.05, 4.69) is 31.2 Å². The van der Waals surface area contributed by atoms with Gasteiger partial charge in [-0.15, -0.1) is 0 Å². The van der Waals surface area contributed by atoms with Gasteiger partial charge in [0.05, 0.1) is 0 Å². The molecule has 0 aliphatic rings. The number of hydrogen-bond acceptors (Lipinski definition) is 2. The summed E-state index contributed by atoms with van der Waals surface area (Å²) < 4.78 is 0. The van der Waals surface area contributed by atoms with Crippen molar-refractivity contribution in [3.05, 3.63) is 76.9 Å². The van der Waals surface area contributed by atoms with Crippen LogP contribution in [0, 0.1) is 6.92 Å². The van der Waals surface area contributed by atoms with E-state index in [9.17, 15) is 4.79 Å². The van der Waals surface area contributed by atoms with Gasteiger partial charge in [0.25, 0.3) is 0 Å². The molecular weight excluding hydrogens is 280 g/mol. The molecule has 1 N–H and O–H groups in total. The Morgan fingerprint density at radius 1 is 1.10 bits per heavy atom. The number of thioether (sulfide) groups is 1. The average Bonchev–Trinajstić information content (AvgIpc) is 2.46. The van der Waals surface area contributed by atoms with Crippen molar-refractivity contribution in [3.63, 3.8) is 0 Å². The van der Waals surface area contributed by atoms with Gasteiger partial charge in [-0.05, 0) is 29.7 Å². The first kappa shape index (κ1) is 15.4. The Bertz CT molecular complexity index is 630. The zero-order valence-corrected chi connectivity index (χ0v) is 12.8. The quantitative estimate of drug-likeness (QED) is 0.796. The molecule has 0 saturated carbocycles. The molecule has 0 heterocycles. The summed E-state index contributed by atoms with van der Waals surface area (Å²) in [6.07, 6.45) is 2.76. The maximum Gasteiger partial charge on any atom is 0.328 e. The molecule has 2 rings (SSSR count). The van der Waals surface area contributed by atoms with Crippen molar-refractivity contribution >= 4 is 23.8 Å². The number of carboxylic acid groups (broad SMARTS) is 1. The summed E-state index contributed by atoms with van der Waals surface area (Å²) in [4.78, 5) is 10.4. The van der Waals surface area contributed by atoms with Gasteiger partial charge in [-0.3, -0.25) is 0 Å². The van der Waals surface area contributed by atoms with Gasteiger partial charge in [0.2, 0.25) is 0 Å². The van der Waals surface area contributed by atoms with Crippen molar-refractivity contribution in [3.8, 4) is 0 Å². The van der Waals surface area contributed by atoms with Gasteiger partial charge in [-0.2, -0.15) is 11.8 Å². The molecule has 0 spiro atoms. The highest BCUT2D eigenvalue weighted by Gasteiger charge is 1.97. The minimum atomic E-state index is -0.923. The van der Waals surface area contributed by atoms with E-state index in [1.807, 2.05) is 36.0 Å². The molecule has 2 aromatic rings. The Morgan fingerprint density at radius 3 is 2.48 bits per heavy atom. The lowest BCUT2D eigenvalue weighted by Gasteiger charge is -2.04. The van der Waals surface area contributed by atoms with Crippen molar-refractivity contribution < 1.29 is 9.90 Å². The standard InChI is InChI=1S/C18H18O2S/c1-14-3-2-4-17(11-14)13-21-12-16-7-5-15(6-8-16)9-10-18(19)20/h2-11H,12-13H2,1H3,(H,19,20). The summed E-state index contributed by atoms with van der Waals surface area (Å²) in [7, 11) is 0. The molecule has 0 aliphatic carbocycles. The number of aryl methyl sites for hydroxylation is 1. The Labute approximate surface area is 129 Å². The summed E-state index contributed by atoms with van der Waals surface area (Å²) in [6, 6.07) is 16.6. The lowest BCUT2D eigenvalue weighted by Crippen LogP contribution is -1.87. The molecule has 0 amide bonds. The second kappa shape index (κ2) is 7.70. The predicted molar refractivity (Wildman–Crippen MR) is 89.3 cm³/mol. The van der Waals surface area contributed by atoms with E-state index < -0.39 is 5.97 Å². The predicted octanol–water partition coefficient (Wildman–Crippen LogP) is 4.53. The Hall–Kier alpha value is -2.00. The van der Waals surface area contributed by atoms with Gasteiger partial charge in [-0.25, -0.2) is 4.79 Å². The van der Waals surface area contributed by atoms with Gasteiger partial charge < -0.3 is 5.11 Å². The molecule has 0 aliphatic heterocycles. The molecule has 0 unspecified atom stereocenters. The van der Waals surface area contributed by atoms with E-state index in [-0.39, 0.29) is 0 Å². The minimum Gasteiger partial charge on any atom is -0.478 e. The van der Waals surface area contributed by atoms with E-state index in [4.69, 9.17) is 5.11 Å². The normalized spacial score (nSPS) is 10.9. The highest BCUT2D eigenvalue weighted by Crippen LogP contribution is 2.19. The van der Waals surface area contributed by atoms with Gasteiger partial charge in [0.1, 0.15) is 0 Å². The van der Waals surface area contributed by atoms with Crippen molar-refractivity contribution in [2.24, 2.45) is 0 Å². The molecule has 0 atom stereocenters. The molecule has 2 aromatic carbocycles. The molecule has 0 aromatic heterocycles. The molecule has 2 nitrogen and oxygen atoms in total. The number of aliphatic carboxylic acids is 1. The van der Waals surface area contributed by atoms with Crippen LogP contribution in [-0.4, -0.2) is 11.1 Å². The molecule has 108 valence electrons. The van der Waals surface area contributed by atoms with Crippen LogP contribution in [0.1, 0.15) is 22.3 Å². The van der Waals surface area contributed by atoms with Crippen LogP contribution in [0.5, 0.6) is 0 Å². The topological polar surface area (TPSA) is 37.3 Å². The monoisotopic (exact) mass is 298 g/mol. The van der Waals surface area contributed by atoms with Gasteiger partial charge in [-0.1, -0.05) is 54.1 Å². The van der Waals surface area contributed by atoms with E-state index in [0.717, 1.165) is 23.1 Å². The molecule has 0 bridgehead atoms. The highest BCUT2D eigenvalue weighted by molar-refractivity contribution is 7.97. The highest BCUT2D eigenvalue weighted by atomic mass is 32.2. The van der Waals surface area contributed by atoms with Crippen LogP contribution in [-0.2, 0) is 16.3 Å². The van der Waals surface area contributed by atoms with Gasteiger partial charge >= 0.3 is 5.97 Å². The van der Waals surface area contributed by atoms with Crippen LogP contribution in [0.15, 0.2) is 54.6 Å².